The molecule has 0 radical (unpaired) electrons. The van der Waals surface area contributed by atoms with E-state index in [2.05, 4.69) is 6.58 Å². The van der Waals surface area contributed by atoms with Crippen LogP contribution in [0.3, 0.4) is 0 Å². The minimum absolute atomic E-state index is 0.352. The Labute approximate surface area is 103 Å². The summed E-state index contributed by atoms with van der Waals surface area (Å²) < 4.78 is 22.8. The Hall–Kier alpha value is -0.890. The van der Waals surface area contributed by atoms with E-state index in [-0.39, 0.29) is 0 Å². The van der Waals surface area contributed by atoms with Gasteiger partial charge >= 0.3 is 7.60 Å². The van der Waals surface area contributed by atoms with E-state index >= 15 is 0 Å². The van der Waals surface area contributed by atoms with Gasteiger partial charge in [-0.3, -0.25) is 4.57 Å². The summed E-state index contributed by atoms with van der Waals surface area (Å²) in [6.45, 7) is 8.14. The lowest BCUT2D eigenvalue weighted by Crippen LogP contribution is -2.00. The molecule has 0 saturated carbocycles. The highest BCUT2D eigenvalue weighted by atomic mass is 31.2. The first-order valence-electron chi connectivity index (χ1n) is 5.73. The maximum Gasteiger partial charge on any atom is 0.357 e. The molecule has 0 atom stereocenters. The molecule has 0 fully saturated rings. The third-order valence-electron chi connectivity index (χ3n) is 2.24. The molecule has 1 rings (SSSR count). The summed E-state index contributed by atoms with van der Waals surface area (Å²) in [5.74, 6) is 0. The zero-order valence-corrected chi connectivity index (χ0v) is 11.3. The van der Waals surface area contributed by atoms with Gasteiger partial charge in [-0.2, -0.15) is 0 Å². The van der Waals surface area contributed by atoms with E-state index in [0.29, 0.717) is 24.9 Å². The van der Waals surface area contributed by atoms with Crippen molar-refractivity contribution in [2.45, 2.75) is 20.3 Å². The summed E-state index contributed by atoms with van der Waals surface area (Å²) >= 11 is 0. The van der Waals surface area contributed by atoms with Crippen LogP contribution in [0.25, 0.3) is 0 Å². The number of allylic oxidation sites excluding steroid dienone is 1. The molecule has 1 aromatic rings. The molecule has 0 heterocycles. The van der Waals surface area contributed by atoms with Gasteiger partial charge in [-0.1, -0.05) is 36.9 Å². The summed E-state index contributed by atoms with van der Waals surface area (Å²) in [4.78, 5) is 0. The lowest BCUT2D eigenvalue weighted by Gasteiger charge is -2.19. The molecule has 0 aliphatic rings. The zero-order valence-electron chi connectivity index (χ0n) is 10.4. The second-order valence-electron chi connectivity index (χ2n) is 3.56. The first-order chi connectivity index (χ1) is 8.12. The zero-order chi connectivity index (χ0) is 12.7. The average molecular weight is 254 g/mol. The number of rotatable bonds is 7. The maximum absolute atomic E-state index is 12.4. The average Bonchev–Trinajstić information content (AvgIpc) is 2.31. The van der Waals surface area contributed by atoms with E-state index in [9.17, 15) is 4.57 Å². The van der Waals surface area contributed by atoms with E-state index in [1.54, 1.807) is 13.8 Å². The second kappa shape index (κ2) is 6.75. The van der Waals surface area contributed by atoms with Crippen molar-refractivity contribution >= 4 is 7.60 Å². The fourth-order valence-electron chi connectivity index (χ4n) is 1.49. The van der Waals surface area contributed by atoms with Crippen LogP contribution in [0.2, 0.25) is 0 Å². The molecule has 0 aliphatic heterocycles. The van der Waals surface area contributed by atoms with Gasteiger partial charge in [0.25, 0.3) is 0 Å². The summed E-state index contributed by atoms with van der Waals surface area (Å²) in [5, 5.41) is 0.507. The van der Waals surface area contributed by atoms with Crippen molar-refractivity contribution in [3.8, 4) is 0 Å². The summed E-state index contributed by atoms with van der Waals surface area (Å²) in [6, 6.07) is 9.75. The van der Waals surface area contributed by atoms with E-state index in [4.69, 9.17) is 9.05 Å². The molecular weight excluding hydrogens is 235 g/mol. The maximum atomic E-state index is 12.4. The topological polar surface area (TPSA) is 35.5 Å². The molecule has 0 N–H and O–H groups in total. The van der Waals surface area contributed by atoms with Crippen LogP contribution in [0.15, 0.2) is 42.2 Å². The summed E-state index contributed by atoms with van der Waals surface area (Å²) in [7, 11) is -3.17. The fourth-order valence-corrected chi connectivity index (χ4v) is 2.98. The lowest BCUT2D eigenvalue weighted by atomic mass is 10.1. The molecule has 0 unspecified atom stereocenters. The first-order valence-corrected chi connectivity index (χ1v) is 7.28. The molecule has 0 aliphatic carbocycles. The van der Waals surface area contributed by atoms with Gasteiger partial charge in [0.2, 0.25) is 0 Å². The summed E-state index contributed by atoms with van der Waals surface area (Å²) in [6.07, 6.45) is 0.512. The Morgan fingerprint density at radius 3 is 2.18 bits per heavy atom. The van der Waals surface area contributed by atoms with Crippen LogP contribution < -0.4 is 0 Å². The Morgan fingerprint density at radius 1 is 1.18 bits per heavy atom. The van der Waals surface area contributed by atoms with Gasteiger partial charge in [0.1, 0.15) is 0 Å². The Balaban J connectivity index is 2.76. The minimum Gasteiger partial charge on any atom is -0.306 e. The smallest absolute Gasteiger partial charge is 0.306 e. The first kappa shape index (κ1) is 14.2. The van der Waals surface area contributed by atoms with Crippen LogP contribution in [-0.4, -0.2) is 13.2 Å². The Bertz CT molecular complexity index is 390. The van der Waals surface area contributed by atoms with Gasteiger partial charge in [0.05, 0.1) is 13.2 Å². The van der Waals surface area contributed by atoms with Crippen molar-refractivity contribution in [2.24, 2.45) is 0 Å². The highest BCUT2D eigenvalue weighted by Gasteiger charge is 2.27. The number of hydrogen-bond acceptors (Lipinski definition) is 3. The SMILES string of the molecule is C=C(Cc1ccccc1)P(=O)(OCC)OCC. The van der Waals surface area contributed by atoms with Crippen LogP contribution in [0, 0.1) is 0 Å². The van der Waals surface area contributed by atoms with E-state index in [1.165, 1.54) is 0 Å². The van der Waals surface area contributed by atoms with Crippen LogP contribution in [-0.2, 0) is 20.0 Å². The van der Waals surface area contributed by atoms with Crippen molar-refractivity contribution in [1.82, 2.24) is 0 Å². The van der Waals surface area contributed by atoms with Crippen molar-refractivity contribution in [3.05, 3.63) is 47.8 Å². The Kier molecular flexibility index (Phi) is 5.63. The molecule has 3 nitrogen and oxygen atoms in total. The van der Waals surface area contributed by atoms with Crippen molar-refractivity contribution in [2.75, 3.05) is 13.2 Å². The molecule has 0 spiro atoms. The van der Waals surface area contributed by atoms with Crippen LogP contribution in [0.4, 0.5) is 0 Å². The van der Waals surface area contributed by atoms with Gasteiger partial charge < -0.3 is 9.05 Å². The number of benzene rings is 1. The molecule has 4 heteroatoms. The van der Waals surface area contributed by atoms with Crippen LogP contribution in [0.1, 0.15) is 19.4 Å². The van der Waals surface area contributed by atoms with Gasteiger partial charge in [0, 0.05) is 11.7 Å². The van der Waals surface area contributed by atoms with Gasteiger partial charge in [-0.05, 0) is 19.4 Å². The largest absolute Gasteiger partial charge is 0.357 e. The highest BCUT2D eigenvalue weighted by molar-refractivity contribution is 7.58. The van der Waals surface area contributed by atoms with E-state index in [0.717, 1.165) is 5.56 Å². The van der Waals surface area contributed by atoms with Gasteiger partial charge in [-0.15, -0.1) is 0 Å². The quantitative estimate of drug-likeness (QED) is 0.690. The van der Waals surface area contributed by atoms with Crippen molar-refractivity contribution < 1.29 is 13.6 Å². The third kappa shape index (κ3) is 4.12. The monoisotopic (exact) mass is 254 g/mol. The fraction of sp³-hybridized carbons (Fsp3) is 0.385. The molecular formula is C13H19O3P. The van der Waals surface area contributed by atoms with Crippen molar-refractivity contribution in [1.29, 1.82) is 0 Å². The lowest BCUT2D eigenvalue weighted by molar-refractivity contribution is 0.226. The molecule has 0 saturated heterocycles. The standard InChI is InChI=1S/C13H19O3P/c1-4-15-17(14,16-5-2)12(3)11-13-9-7-6-8-10-13/h6-10H,3-5,11H2,1-2H3. The predicted octanol–water partition coefficient (Wildman–Crippen LogP) is 4.01. The molecule has 0 bridgehead atoms. The van der Waals surface area contributed by atoms with Gasteiger partial charge in [0.15, 0.2) is 0 Å². The molecule has 17 heavy (non-hydrogen) atoms. The second-order valence-corrected chi connectivity index (χ2v) is 5.71. The molecule has 0 amide bonds. The Morgan fingerprint density at radius 2 is 1.71 bits per heavy atom. The molecule has 0 aromatic heterocycles. The predicted molar refractivity (Wildman–Crippen MR) is 70.1 cm³/mol. The van der Waals surface area contributed by atoms with Crippen LogP contribution >= 0.6 is 7.60 Å². The van der Waals surface area contributed by atoms with Crippen LogP contribution in [0.5, 0.6) is 0 Å². The van der Waals surface area contributed by atoms with E-state index < -0.39 is 7.60 Å². The van der Waals surface area contributed by atoms with E-state index in [1.807, 2.05) is 30.3 Å². The van der Waals surface area contributed by atoms with Crippen molar-refractivity contribution in [3.63, 3.8) is 0 Å². The van der Waals surface area contributed by atoms with Gasteiger partial charge in [-0.25, -0.2) is 0 Å². The third-order valence-corrected chi connectivity index (χ3v) is 4.37. The minimum atomic E-state index is -3.17. The highest BCUT2D eigenvalue weighted by Crippen LogP contribution is 2.56. The molecule has 1 aromatic carbocycles. The normalized spacial score (nSPS) is 11.4. The number of hydrogen-bond donors (Lipinski definition) is 0. The molecule has 94 valence electrons. The summed E-state index contributed by atoms with van der Waals surface area (Å²) in [5.41, 5.74) is 1.05.